The molecule has 0 spiro atoms. The molecule has 4 aliphatic heterocycles. The second kappa shape index (κ2) is 50.8. The summed E-state index contributed by atoms with van der Waals surface area (Å²) < 4.78 is 38.8. The smallest absolute Gasteiger partial charge is 0.234 e. The Morgan fingerprint density at radius 1 is 0.651 bits per heavy atom. The van der Waals surface area contributed by atoms with Crippen LogP contribution in [0.25, 0.3) is 0 Å². The lowest BCUT2D eigenvalue weighted by molar-refractivity contribution is -1.01. The van der Waals surface area contributed by atoms with E-state index < -0.39 is 11.3 Å². The number of rotatable bonds is 28. The predicted octanol–water partition coefficient (Wildman–Crippen LogP) is 27.7. The largest absolute Gasteiger partial charge is 0.497 e. The van der Waals surface area contributed by atoms with E-state index in [-0.39, 0.29) is 49.0 Å². The summed E-state index contributed by atoms with van der Waals surface area (Å²) in [5.41, 5.74) is 10.0. The van der Waals surface area contributed by atoms with Crippen molar-refractivity contribution in [2.24, 2.45) is 28.1 Å². The Kier molecular flexibility index (Phi) is 42.5. The van der Waals surface area contributed by atoms with Crippen LogP contribution in [0.5, 0.6) is 5.75 Å². The van der Waals surface area contributed by atoms with E-state index in [4.69, 9.17) is 18.9 Å². The summed E-state index contributed by atoms with van der Waals surface area (Å²) in [6.45, 7) is 56.8. The van der Waals surface area contributed by atoms with Crippen LogP contribution in [0.1, 0.15) is 337 Å². The molecule has 2 N–H and O–H groups in total. The molecule has 0 bridgehead atoms. The number of likely N-dealkylation sites (tertiary alicyclic amines) is 3. The number of aryl methyl sites for hydroxylation is 1. The van der Waals surface area contributed by atoms with Gasteiger partial charge in [-0.15, -0.1) is 11.3 Å². The SMILES string of the molecule is C.CC(C)CC1(C)CC(C)(C)CC(C)(C)C1.CC(C)NCC(=O)NC(C)(Cc1ccccc1)c1ccccc1.CCN(C(C)C)C1(c2cccs2)CCCCC1=O.CC[C@]1(c2ccccc2)OC[C@H]([C@@H]2CCCCN2C(C)C)O1.COc1ccc(C2([N+]3(C(C)C)CCCCC3)CCCCC2)cc1.Cc1ccc(C(CN2CCC(Cc3ccc(F)cc3)CC2)OC(C)C)cc1. The maximum atomic E-state index is 13.1. The first kappa shape index (κ1) is 108. The maximum absolute atomic E-state index is 13.1. The molecular formula is C115H178FN6O6S+. The van der Waals surface area contributed by atoms with E-state index in [1.54, 1.807) is 36.1 Å². The van der Waals surface area contributed by atoms with E-state index in [2.05, 4.69) is 271 Å². The van der Waals surface area contributed by atoms with Crippen molar-refractivity contribution >= 4 is 23.0 Å². The van der Waals surface area contributed by atoms with Crippen LogP contribution in [-0.4, -0.2) is 139 Å². The molecule has 3 unspecified atom stereocenters. The summed E-state index contributed by atoms with van der Waals surface area (Å²) in [7, 11) is 1.76. The Bertz CT molecular complexity index is 4270. The molecular weight excluding hydrogens is 1610 g/mol. The molecule has 6 aromatic carbocycles. The van der Waals surface area contributed by atoms with Crippen molar-refractivity contribution in [3.05, 3.63) is 231 Å². The van der Waals surface area contributed by atoms with Crippen LogP contribution in [0.2, 0.25) is 0 Å². The number of piperidine rings is 3. The highest BCUT2D eigenvalue weighted by molar-refractivity contribution is 7.10. The number of Topliss-reactive ketones (excluding diaryl/α,β-unsaturated/α-hetero) is 1. The summed E-state index contributed by atoms with van der Waals surface area (Å²) in [4.78, 5) is 33.8. The van der Waals surface area contributed by atoms with Crippen LogP contribution in [0.4, 0.5) is 4.39 Å². The summed E-state index contributed by atoms with van der Waals surface area (Å²) >= 11 is 1.73. The number of methoxy groups -OCH3 is 1. The zero-order valence-electron chi connectivity index (χ0n) is 84.0. The average molecular weight is 1790 g/mol. The van der Waals surface area contributed by atoms with Gasteiger partial charge in [-0.2, -0.15) is 0 Å². The van der Waals surface area contributed by atoms with E-state index >= 15 is 0 Å². The third-order valence-electron chi connectivity index (χ3n) is 29.0. The second-order valence-electron chi connectivity index (χ2n) is 43.0. The van der Waals surface area contributed by atoms with Crippen LogP contribution < -0.4 is 15.4 Å². The molecule has 7 aromatic rings. The van der Waals surface area contributed by atoms with Crippen LogP contribution in [0, 0.1) is 40.8 Å². The van der Waals surface area contributed by atoms with Gasteiger partial charge in [-0.05, 0) is 303 Å². The molecule has 7 fully saturated rings. The third-order valence-corrected chi connectivity index (χ3v) is 30.0. The maximum Gasteiger partial charge on any atom is 0.234 e. The van der Waals surface area contributed by atoms with Gasteiger partial charge in [0.1, 0.15) is 28.7 Å². The van der Waals surface area contributed by atoms with E-state index in [1.807, 2.05) is 68.4 Å². The number of halogens is 1. The summed E-state index contributed by atoms with van der Waals surface area (Å²) in [5.74, 6) is 2.24. The van der Waals surface area contributed by atoms with Crippen molar-refractivity contribution in [2.45, 2.75) is 378 Å². The quantitative estimate of drug-likeness (QED) is 0.0461. The Morgan fingerprint density at radius 3 is 1.78 bits per heavy atom. The van der Waals surface area contributed by atoms with Crippen molar-refractivity contribution in [3.63, 3.8) is 0 Å². The Labute approximate surface area is 789 Å². The molecule has 1 aromatic heterocycles. The summed E-state index contributed by atoms with van der Waals surface area (Å²) in [6.07, 6.45) is 30.0. The van der Waals surface area contributed by atoms with Crippen LogP contribution >= 0.6 is 11.3 Å². The number of carbonyl (C=O) groups is 2. The molecule has 12 nitrogen and oxygen atoms in total. The number of nitrogens with zero attached hydrogens (tertiary/aromatic N) is 4. The fourth-order valence-corrected chi connectivity index (χ4v) is 25.3. The topological polar surface area (TPSA) is 105 Å². The number of quaternary nitrogens is 1. The molecule has 5 heterocycles. The van der Waals surface area contributed by atoms with Gasteiger partial charge < -0.3 is 39.0 Å². The van der Waals surface area contributed by atoms with Crippen molar-refractivity contribution in [1.29, 1.82) is 0 Å². The molecule has 6 atom stereocenters. The van der Waals surface area contributed by atoms with Gasteiger partial charge in [0.15, 0.2) is 11.6 Å². The van der Waals surface area contributed by atoms with Crippen LogP contribution in [0.3, 0.4) is 0 Å². The minimum atomic E-state index is -0.550. The van der Waals surface area contributed by atoms with Gasteiger partial charge in [0.05, 0.1) is 57.1 Å². The predicted molar refractivity (Wildman–Crippen MR) is 543 cm³/mol. The molecule has 129 heavy (non-hydrogen) atoms. The number of hydrogen-bond donors (Lipinski definition) is 2. The number of likely N-dealkylation sites (N-methyl/N-ethyl adjacent to an activating group) is 1. The van der Waals surface area contributed by atoms with Gasteiger partial charge >= 0.3 is 0 Å². The van der Waals surface area contributed by atoms with Gasteiger partial charge in [-0.1, -0.05) is 242 Å². The van der Waals surface area contributed by atoms with E-state index in [0.717, 1.165) is 93.9 Å². The molecule has 0 radical (unpaired) electrons. The number of benzene rings is 6. The third kappa shape index (κ3) is 30.5. The minimum Gasteiger partial charge on any atom is -0.497 e. The first-order valence-corrected chi connectivity index (χ1v) is 51.1. The number of hydrogen-bond acceptors (Lipinski definition) is 11. The molecule has 3 saturated carbocycles. The number of thiophene rings is 1. The first-order chi connectivity index (χ1) is 61.0. The standard InChI is InChI=1S/C24H32FNO.C21H34NO.C20H26N2O.C19H29NO2.C15H23NOS.C15H30.CH4/c1-18(2)27-24(22-8-4-19(3)5-9-22)17-26-14-12-21(13-15-26)16-20-6-10-23(25)11-7-20;1-18(2)22(16-8-5-9-17-22)21(14-6-4-7-15-21)19-10-12-20(23-3)13-11-19;1-16(2)21-15-19(23)22-20(3,18-12-8-5-9-13-18)14-17-10-6-4-7-11-17;1-4-19(16-10-6-5-7-11-16)21-14-18(22-19)17-12-8-9-13-20(17)15(2)3;1-4-16(12(2)3)15(14-9-7-11-18-14)10-6-5-8-13(15)17;1-12(2)8-15(7)10-13(3,4)9-14(5,6)11-15;/h4-11,18,21,24H,12-17H2,1-3H3;10-13,18H,4-9,14-17H2,1-3H3;4-13,16,21H,14-15H2,1-3H3,(H,22,23);5-7,10-11,15,17-18H,4,8-9,12-14H2,1-3H3;7,9,11-12H,4-6,8,10H2,1-3H3;12H,8-11H2,1-7H3;1H4/q;+1;;;;;/t;;;17-,18+,19-;;;/m...0.../s1. The monoisotopic (exact) mass is 1790 g/mol. The zero-order valence-corrected chi connectivity index (χ0v) is 84.8. The Hall–Kier alpha value is -6.43. The number of nitrogens with one attached hydrogen (secondary N) is 2. The average Bonchev–Trinajstić information content (AvgIpc) is 1.22. The molecule has 1 amide bonds. The van der Waals surface area contributed by atoms with E-state index in [1.165, 1.54) is 160 Å². The van der Waals surface area contributed by atoms with Crippen LogP contribution in [0.15, 0.2) is 181 Å². The highest BCUT2D eigenvalue weighted by Crippen LogP contribution is 2.57. The molecule has 4 saturated heterocycles. The minimum absolute atomic E-state index is 0. The first-order valence-electron chi connectivity index (χ1n) is 50.3. The van der Waals surface area contributed by atoms with Gasteiger partial charge in [0.25, 0.3) is 0 Å². The molecule has 716 valence electrons. The Balaban J connectivity index is 0.000000192. The second-order valence-corrected chi connectivity index (χ2v) is 44.0. The summed E-state index contributed by atoms with van der Waals surface area (Å²) in [6, 6.07) is 62.3. The van der Waals surface area contributed by atoms with Crippen molar-refractivity contribution in [1.82, 2.24) is 25.3 Å². The van der Waals surface area contributed by atoms with Crippen LogP contribution in [-0.2, 0) is 59.0 Å². The molecule has 14 rings (SSSR count). The highest BCUT2D eigenvalue weighted by atomic mass is 32.1. The highest BCUT2D eigenvalue weighted by Gasteiger charge is 2.55. The van der Waals surface area contributed by atoms with E-state index in [0.29, 0.717) is 70.8 Å². The molecule has 14 heteroatoms. The number of carbonyl (C=O) groups excluding carboxylic acids is 2. The van der Waals surface area contributed by atoms with E-state index in [9.17, 15) is 14.0 Å². The number of ketones is 1. The Morgan fingerprint density at radius 2 is 1.25 bits per heavy atom. The number of ether oxygens (including phenoxy) is 4. The van der Waals surface area contributed by atoms with Crippen molar-refractivity contribution in [3.8, 4) is 5.75 Å². The van der Waals surface area contributed by atoms with Crippen molar-refractivity contribution < 1.29 is 37.4 Å². The molecule has 3 aliphatic carbocycles. The lowest BCUT2D eigenvalue weighted by Crippen LogP contribution is -2.68. The van der Waals surface area contributed by atoms with Gasteiger partial charge in [0, 0.05) is 72.4 Å². The normalized spacial score (nSPS) is 22.7. The lowest BCUT2D eigenvalue weighted by atomic mass is 9.54. The van der Waals surface area contributed by atoms with Gasteiger partial charge in [-0.3, -0.25) is 19.4 Å². The van der Waals surface area contributed by atoms with Gasteiger partial charge in [0.2, 0.25) is 5.91 Å². The van der Waals surface area contributed by atoms with Gasteiger partial charge in [-0.25, -0.2) is 4.39 Å². The molecule has 7 aliphatic rings. The summed E-state index contributed by atoms with van der Waals surface area (Å²) in [5, 5.41) is 8.47. The fourth-order valence-electron chi connectivity index (χ4n) is 24.3. The number of amides is 1. The zero-order chi connectivity index (χ0) is 92.9. The fraction of sp³-hybridized carbons (Fsp3) is 0.635. The lowest BCUT2D eigenvalue weighted by Gasteiger charge is -2.59. The van der Waals surface area contributed by atoms with Crippen molar-refractivity contribution in [2.75, 3.05) is 66.1 Å².